The maximum Gasteiger partial charge on any atom is 0.451 e. The van der Waals surface area contributed by atoms with E-state index in [0.717, 1.165) is 0 Å². The van der Waals surface area contributed by atoms with E-state index in [1.165, 1.54) is 71.8 Å². The molecule has 0 atom stereocenters. The lowest BCUT2D eigenvalue weighted by atomic mass is 9.98. The van der Waals surface area contributed by atoms with E-state index >= 15 is 0 Å². The molecular weight excluding hydrogens is 448 g/mol. The topological polar surface area (TPSA) is 77.7 Å². The summed E-state index contributed by atoms with van der Waals surface area (Å²) in [6.07, 6.45) is -0.699. The van der Waals surface area contributed by atoms with E-state index in [1.807, 2.05) is 0 Å². The van der Waals surface area contributed by atoms with E-state index in [2.05, 4.69) is 15.0 Å². The zero-order valence-electron chi connectivity index (χ0n) is 16.1. The van der Waals surface area contributed by atoms with Gasteiger partial charge in [0.1, 0.15) is 22.8 Å². The molecule has 6 nitrogen and oxygen atoms in total. The molecule has 0 saturated heterocycles. The summed E-state index contributed by atoms with van der Waals surface area (Å²) in [6, 6.07) is 11.2. The molecule has 0 aliphatic carbocycles. The molecule has 4 aromatic rings. The number of alkyl halides is 3. The number of nitrogens with zero attached hydrogens (tertiary/aromatic N) is 4. The van der Waals surface area contributed by atoms with Gasteiger partial charge in [-0.3, -0.25) is 4.57 Å². The van der Waals surface area contributed by atoms with Crippen LogP contribution in [0.2, 0.25) is 0 Å². The molecular formula is C21H14F4N4O2S. The molecule has 0 N–H and O–H groups in total. The van der Waals surface area contributed by atoms with Gasteiger partial charge in [-0.15, -0.1) is 0 Å². The molecule has 2 aromatic heterocycles. The zero-order valence-corrected chi connectivity index (χ0v) is 17.0. The number of hydrogen-bond donors (Lipinski definition) is 1. The molecule has 0 amide bonds. The molecule has 2 heterocycles. The van der Waals surface area contributed by atoms with Gasteiger partial charge in [0.05, 0.1) is 17.0 Å². The monoisotopic (exact) mass is 462 g/mol. The standard InChI is InChI=1S/C21H14F4N4O2S/c22-16-7-5-14(6-8-16)17-18(15-3-1-13(2-4-15)11-32(30)31)27-20(21(23,24)25)28-19(17)29-10-9-26-12-29/h1-10,12,32H,11H2. The summed E-state index contributed by atoms with van der Waals surface area (Å²) in [7, 11) is -2.66. The third kappa shape index (κ3) is 4.52. The molecule has 0 radical (unpaired) electrons. The highest BCUT2D eigenvalue weighted by atomic mass is 32.2. The van der Waals surface area contributed by atoms with Gasteiger partial charge in [-0.2, -0.15) is 13.2 Å². The zero-order chi connectivity index (χ0) is 22.9. The fourth-order valence-electron chi connectivity index (χ4n) is 3.16. The first-order valence-electron chi connectivity index (χ1n) is 9.17. The van der Waals surface area contributed by atoms with Crippen LogP contribution in [0.5, 0.6) is 0 Å². The Morgan fingerprint density at radius 3 is 2.12 bits per heavy atom. The van der Waals surface area contributed by atoms with Crippen LogP contribution in [0, 0.1) is 5.82 Å². The van der Waals surface area contributed by atoms with E-state index < -0.39 is 28.5 Å². The average molecular weight is 462 g/mol. The second kappa shape index (κ2) is 8.50. The van der Waals surface area contributed by atoms with Gasteiger partial charge in [-0.05, 0) is 23.3 Å². The minimum atomic E-state index is -4.83. The van der Waals surface area contributed by atoms with Crippen LogP contribution in [0.15, 0.2) is 67.3 Å². The number of thiol groups is 1. The molecule has 11 heteroatoms. The van der Waals surface area contributed by atoms with E-state index in [4.69, 9.17) is 0 Å². The molecule has 0 aliphatic rings. The van der Waals surface area contributed by atoms with Crippen molar-refractivity contribution in [2.24, 2.45) is 0 Å². The summed E-state index contributed by atoms with van der Waals surface area (Å²) >= 11 is 0. The van der Waals surface area contributed by atoms with Crippen molar-refractivity contribution in [1.82, 2.24) is 19.5 Å². The van der Waals surface area contributed by atoms with Crippen molar-refractivity contribution in [2.45, 2.75) is 11.9 Å². The summed E-state index contributed by atoms with van der Waals surface area (Å²) in [4.78, 5) is 11.4. The Hall–Kier alpha value is -3.60. The number of rotatable bonds is 5. The minimum Gasteiger partial charge on any atom is -0.290 e. The van der Waals surface area contributed by atoms with Crippen molar-refractivity contribution in [3.63, 3.8) is 0 Å². The van der Waals surface area contributed by atoms with Crippen molar-refractivity contribution in [2.75, 3.05) is 0 Å². The molecule has 0 aliphatic heterocycles. The summed E-state index contributed by atoms with van der Waals surface area (Å²) < 4.78 is 77.7. The van der Waals surface area contributed by atoms with Crippen LogP contribution in [0.25, 0.3) is 28.2 Å². The van der Waals surface area contributed by atoms with Crippen molar-refractivity contribution < 1.29 is 26.0 Å². The Morgan fingerprint density at radius 1 is 0.906 bits per heavy atom. The molecule has 32 heavy (non-hydrogen) atoms. The highest BCUT2D eigenvalue weighted by Crippen LogP contribution is 2.38. The minimum absolute atomic E-state index is 0.0410. The maximum absolute atomic E-state index is 13.6. The number of benzene rings is 2. The molecule has 2 aromatic carbocycles. The fourth-order valence-corrected chi connectivity index (χ4v) is 3.66. The quantitative estimate of drug-likeness (QED) is 0.354. The number of hydrogen-bond acceptors (Lipinski definition) is 5. The first kappa shape index (κ1) is 21.6. The Bertz CT molecular complexity index is 1310. The largest absolute Gasteiger partial charge is 0.451 e. The van der Waals surface area contributed by atoms with Crippen LogP contribution in [0.1, 0.15) is 11.4 Å². The van der Waals surface area contributed by atoms with E-state index in [-0.39, 0.29) is 22.8 Å². The van der Waals surface area contributed by atoms with E-state index in [1.54, 1.807) is 0 Å². The van der Waals surface area contributed by atoms with Crippen molar-refractivity contribution in [1.29, 1.82) is 0 Å². The van der Waals surface area contributed by atoms with Gasteiger partial charge < -0.3 is 0 Å². The lowest BCUT2D eigenvalue weighted by Crippen LogP contribution is -2.15. The number of imidazole rings is 1. The second-order valence-electron chi connectivity index (χ2n) is 6.76. The van der Waals surface area contributed by atoms with Gasteiger partial charge in [0, 0.05) is 18.0 Å². The SMILES string of the molecule is O=[SH](=O)Cc1ccc(-c2nc(C(F)(F)F)nc(-n3ccnc3)c2-c2ccc(F)cc2)cc1. The predicted octanol–water partition coefficient (Wildman–Crippen LogP) is 4.27. The average Bonchev–Trinajstić information content (AvgIpc) is 3.28. The van der Waals surface area contributed by atoms with Crippen molar-refractivity contribution >= 4 is 10.7 Å². The Balaban J connectivity index is 2.01. The molecule has 0 unspecified atom stereocenters. The third-order valence-corrected chi connectivity index (χ3v) is 5.19. The van der Waals surface area contributed by atoms with Crippen LogP contribution < -0.4 is 0 Å². The van der Waals surface area contributed by atoms with Crippen LogP contribution in [0.4, 0.5) is 17.6 Å². The van der Waals surface area contributed by atoms with E-state index in [0.29, 0.717) is 16.7 Å². The first-order chi connectivity index (χ1) is 15.2. The molecule has 0 saturated carbocycles. The van der Waals surface area contributed by atoms with Crippen LogP contribution in [0.3, 0.4) is 0 Å². The van der Waals surface area contributed by atoms with Gasteiger partial charge in [0.2, 0.25) is 5.82 Å². The Morgan fingerprint density at radius 2 is 1.56 bits per heavy atom. The van der Waals surface area contributed by atoms with Crippen molar-refractivity contribution in [3.8, 4) is 28.2 Å². The summed E-state index contributed by atoms with van der Waals surface area (Å²) in [5.74, 6) is -2.14. The van der Waals surface area contributed by atoms with Gasteiger partial charge >= 0.3 is 6.18 Å². The fraction of sp³-hybridized carbons (Fsp3) is 0.0952. The van der Waals surface area contributed by atoms with Crippen LogP contribution in [-0.2, 0) is 22.6 Å². The molecule has 0 fully saturated rings. The lowest BCUT2D eigenvalue weighted by molar-refractivity contribution is -0.144. The lowest BCUT2D eigenvalue weighted by Gasteiger charge is -2.17. The summed E-state index contributed by atoms with van der Waals surface area (Å²) in [6.45, 7) is 0. The summed E-state index contributed by atoms with van der Waals surface area (Å²) in [5, 5.41) is 0. The molecule has 4 rings (SSSR count). The summed E-state index contributed by atoms with van der Waals surface area (Å²) in [5.41, 5.74) is 1.38. The molecule has 0 bridgehead atoms. The van der Waals surface area contributed by atoms with Crippen LogP contribution in [-0.4, -0.2) is 27.9 Å². The molecule has 0 spiro atoms. The smallest absolute Gasteiger partial charge is 0.290 e. The maximum atomic E-state index is 13.6. The van der Waals surface area contributed by atoms with Crippen LogP contribution >= 0.6 is 0 Å². The highest BCUT2D eigenvalue weighted by molar-refractivity contribution is 7.71. The first-order valence-corrected chi connectivity index (χ1v) is 10.5. The molecule has 164 valence electrons. The number of halogens is 4. The third-order valence-electron chi connectivity index (χ3n) is 4.56. The van der Waals surface area contributed by atoms with Gasteiger partial charge in [-0.1, -0.05) is 36.4 Å². The second-order valence-corrected chi connectivity index (χ2v) is 7.74. The highest BCUT2D eigenvalue weighted by Gasteiger charge is 2.37. The normalized spacial score (nSPS) is 11.8. The van der Waals surface area contributed by atoms with Gasteiger partial charge in [0.25, 0.3) is 0 Å². The predicted molar refractivity (Wildman–Crippen MR) is 109 cm³/mol. The van der Waals surface area contributed by atoms with Gasteiger partial charge in [-0.25, -0.2) is 27.8 Å². The van der Waals surface area contributed by atoms with Crippen molar-refractivity contribution in [3.05, 3.63) is 84.5 Å². The van der Waals surface area contributed by atoms with Gasteiger partial charge in [0.15, 0.2) is 5.82 Å². The Labute approximate surface area is 181 Å². The Kier molecular flexibility index (Phi) is 5.74. The van der Waals surface area contributed by atoms with E-state index in [9.17, 15) is 26.0 Å². The number of aromatic nitrogens is 4.